The van der Waals surface area contributed by atoms with Crippen molar-refractivity contribution in [2.24, 2.45) is 5.92 Å². The van der Waals surface area contributed by atoms with E-state index >= 15 is 0 Å². The summed E-state index contributed by atoms with van der Waals surface area (Å²) in [6.07, 6.45) is 6.42. The first-order valence-corrected chi connectivity index (χ1v) is 4.01. The van der Waals surface area contributed by atoms with E-state index in [-0.39, 0.29) is 27.3 Å². The first-order chi connectivity index (χ1) is 4.79. The summed E-state index contributed by atoms with van der Waals surface area (Å²) in [6.45, 7) is 0. The zero-order valence-corrected chi connectivity index (χ0v) is 10.9. The Labute approximate surface area is 87.5 Å². The van der Waals surface area contributed by atoms with Crippen LogP contribution in [0.3, 0.4) is 0 Å². The molecule has 0 amide bonds. The van der Waals surface area contributed by atoms with Crippen LogP contribution in [-0.2, 0) is 32.1 Å². The van der Waals surface area contributed by atoms with E-state index in [9.17, 15) is 4.79 Å². The third-order valence-corrected chi connectivity index (χ3v) is 2.19. The first-order valence-electron chi connectivity index (χ1n) is 4.01. The Kier molecular flexibility index (Phi) is 6.18. The summed E-state index contributed by atoms with van der Waals surface area (Å²) in [4.78, 5) is 10.3. The second-order valence-electron chi connectivity index (χ2n) is 3.10. The van der Waals surface area contributed by atoms with Crippen LogP contribution in [0.25, 0.3) is 0 Å². The van der Waals surface area contributed by atoms with Crippen LogP contribution in [0.15, 0.2) is 0 Å². The number of hydrogen-bond donors (Lipinski definition) is 1. The van der Waals surface area contributed by atoms with Crippen molar-refractivity contribution >= 4 is 5.97 Å². The van der Waals surface area contributed by atoms with Gasteiger partial charge in [0.1, 0.15) is 0 Å². The molecule has 60 valence electrons. The summed E-state index contributed by atoms with van der Waals surface area (Å²) in [5.41, 5.74) is 0. The third kappa shape index (κ3) is 4.77. The zero-order valence-electron chi connectivity index (χ0n) is 6.88. The van der Waals surface area contributed by atoms with Gasteiger partial charge in [-0.05, 0) is 18.8 Å². The molecule has 0 aromatic carbocycles. The topological polar surface area (TPSA) is 37.3 Å². The van der Waals surface area contributed by atoms with Gasteiger partial charge in [-0.1, -0.05) is 19.3 Å². The van der Waals surface area contributed by atoms with Crippen LogP contribution in [-0.4, -0.2) is 11.1 Å². The summed E-state index contributed by atoms with van der Waals surface area (Å²) >= 11 is 0. The Balaban J connectivity index is 0.000001000. The minimum atomic E-state index is -0.632. The molecule has 1 aliphatic carbocycles. The average Bonchev–Trinajstić information content (AvgIpc) is 1.88. The van der Waals surface area contributed by atoms with Crippen molar-refractivity contribution < 1.29 is 37.2 Å². The van der Waals surface area contributed by atoms with E-state index in [1.807, 2.05) is 0 Å². The van der Waals surface area contributed by atoms with Crippen LogP contribution in [0.4, 0.5) is 0 Å². The summed E-state index contributed by atoms with van der Waals surface area (Å²) in [5.74, 6) is -0.154. The summed E-state index contributed by atoms with van der Waals surface area (Å²) in [5, 5.41) is 8.47. The normalized spacial score (nSPS) is 18.9. The van der Waals surface area contributed by atoms with Crippen molar-refractivity contribution in [1.82, 2.24) is 0 Å². The van der Waals surface area contributed by atoms with Crippen LogP contribution in [0.1, 0.15) is 38.5 Å². The molecule has 0 radical (unpaired) electrons. The molecule has 11 heavy (non-hydrogen) atoms. The maximum absolute atomic E-state index is 10.3. The molecule has 1 fully saturated rings. The predicted molar refractivity (Wildman–Crippen MR) is 38.8 cm³/mol. The fourth-order valence-corrected chi connectivity index (χ4v) is 1.64. The van der Waals surface area contributed by atoms with Crippen LogP contribution in [0, 0.1) is 5.92 Å². The number of carbonyl (C=O) groups is 1. The number of rotatable bonds is 2. The Bertz CT molecular complexity index is 119. The van der Waals surface area contributed by atoms with E-state index < -0.39 is 5.97 Å². The van der Waals surface area contributed by atoms with Gasteiger partial charge < -0.3 is 5.11 Å². The Morgan fingerprint density at radius 3 is 2.27 bits per heavy atom. The van der Waals surface area contributed by atoms with Gasteiger partial charge in [0.05, 0.1) is 0 Å². The standard InChI is InChI=1S/C8H14O2.Cd/c9-8(10)6-7-4-2-1-3-5-7;/h7H,1-6H2,(H,9,10);. The predicted octanol–water partition coefficient (Wildman–Crippen LogP) is 2.04. The zero-order chi connectivity index (χ0) is 7.40. The molecule has 0 heterocycles. The van der Waals surface area contributed by atoms with Gasteiger partial charge in [-0.3, -0.25) is 4.79 Å². The molecule has 0 bridgehead atoms. The van der Waals surface area contributed by atoms with Gasteiger partial charge in [-0.2, -0.15) is 0 Å². The SMILES string of the molecule is O=C(O)CC1CCCCC1.[Cd]. The van der Waals surface area contributed by atoms with Gasteiger partial charge in [-0.25, -0.2) is 0 Å². The van der Waals surface area contributed by atoms with Crippen molar-refractivity contribution in [3.8, 4) is 0 Å². The molecule has 0 aliphatic heterocycles. The molecule has 3 heteroatoms. The molecule has 2 nitrogen and oxygen atoms in total. The van der Waals surface area contributed by atoms with Crippen molar-refractivity contribution in [2.75, 3.05) is 0 Å². The van der Waals surface area contributed by atoms with E-state index in [0.29, 0.717) is 12.3 Å². The van der Waals surface area contributed by atoms with Crippen molar-refractivity contribution in [2.45, 2.75) is 38.5 Å². The van der Waals surface area contributed by atoms with E-state index in [0.717, 1.165) is 12.8 Å². The maximum atomic E-state index is 10.3. The number of aliphatic carboxylic acids is 1. The minimum absolute atomic E-state index is 0. The van der Waals surface area contributed by atoms with Crippen LogP contribution in [0.2, 0.25) is 0 Å². The van der Waals surface area contributed by atoms with E-state index in [1.165, 1.54) is 19.3 Å². The summed E-state index contributed by atoms with van der Waals surface area (Å²) in [6, 6.07) is 0. The minimum Gasteiger partial charge on any atom is -0.481 e. The van der Waals surface area contributed by atoms with Crippen molar-refractivity contribution in [3.63, 3.8) is 0 Å². The third-order valence-electron chi connectivity index (χ3n) is 2.19. The van der Waals surface area contributed by atoms with Gasteiger partial charge in [0.25, 0.3) is 0 Å². The van der Waals surface area contributed by atoms with Crippen LogP contribution < -0.4 is 0 Å². The molecule has 0 aromatic rings. The fourth-order valence-electron chi connectivity index (χ4n) is 1.64. The van der Waals surface area contributed by atoms with E-state index in [2.05, 4.69) is 0 Å². The Hall–Kier alpha value is 0.392. The molecular formula is C8H14CdO2. The summed E-state index contributed by atoms with van der Waals surface area (Å²) in [7, 11) is 0. The molecule has 0 unspecified atom stereocenters. The number of carboxylic acids is 1. The maximum Gasteiger partial charge on any atom is 0.303 e. The van der Waals surface area contributed by atoms with Gasteiger partial charge in [0, 0.05) is 33.7 Å². The second kappa shape index (κ2) is 5.97. The molecular weight excluding hydrogens is 240 g/mol. The molecule has 0 atom stereocenters. The van der Waals surface area contributed by atoms with Crippen molar-refractivity contribution in [1.29, 1.82) is 0 Å². The van der Waals surface area contributed by atoms with Crippen molar-refractivity contribution in [3.05, 3.63) is 0 Å². The Morgan fingerprint density at radius 1 is 1.27 bits per heavy atom. The van der Waals surface area contributed by atoms with Crippen LogP contribution >= 0.6 is 0 Å². The largest absolute Gasteiger partial charge is 0.481 e. The van der Waals surface area contributed by atoms with Gasteiger partial charge in [0.15, 0.2) is 0 Å². The number of carboxylic acid groups (broad SMARTS) is 1. The molecule has 1 rings (SSSR count). The second-order valence-corrected chi connectivity index (χ2v) is 3.10. The monoisotopic (exact) mass is 256 g/mol. The van der Waals surface area contributed by atoms with Crippen LogP contribution in [0.5, 0.6) is 0 Å². The van der Waals surface area contributed by atoms with Gasteiger partial charge in [-0.15, -0.1) is 0 Å². The molecule has 1 aliphatic rings. The molecule has 1 N–H and O–H groups in total. The molecule has 0 saturated heterocycles. The summed E-state index contributed by atoms with van der Waals surface area (Å²) < 4.78 is 0. The van der Waals surface area contributed by atoms with E-state index in [1.54, 1.807) is 0 Å². The van der Waals surface area contributed by atoms with Gasteiger partial charge >= 0.3 is 5.97 Å². The molecule has 0 aromatic heterocycles. The van der Waals surface area contributed by atoms with Gasteiger partial charge in [0.2, 0.25) is 0 Å². The smallest absolute Gasteiger partial charge is 0.303 e. The molecule has 0 spiro atoms. The fraction of sp³-hybridized carbons (Fsp3) is 0.875. The quantitative estimate of drug-likeness (QED) is 0.766. The first kappa shape index (κ1) is 11.4. The Morgan fingerprint density at radius 2 is 1.82 bits per heavy atom. The van der Waals surface area contributed by atoms with E-state index in [4.69, 9.17) is 5.11 Å². The average molecular weight is 255 g/mol. The molecule has 1 saturated carbocycles. The number of hydrogen-bond acceptors (Lipinski definition) is 1.